The second kappa shape index (κ2) is 8.08. The van der Waals surface area contributed by atoms with E-state index in [4.69, 9.17) is 9.47 Å². The van der Waals surface area contributed by atoms with E-state index in [1.807, 2.05) is 57.2 Å². The molecule has 1 amide bonds. The summed E-state index contributed by atoms with van der Waals surface area (Å²) < 4.78 is 11.5. The highest BCUT2D eigenvalue weighted by Gasteiger charge is 2.17. The van der Waals surface area contributed by atoms with Gasteiger partial charge < -0.3 is 14.8 Å². The SMILES string of the molecule is CCOc1ccc(NC(=O)C(C)Oc2cc(C)cc(C)c2)c2cccnc12. The van der Waals surface area contributed by atoms with Gasteiger partial charge in [-0.25, -0.2) is 0 Å². The zero-order chi connectivity index (χ0) is 19.4. The minimum Gasteiger partial charge on any atom is -0.492 e. The molecule has 2 aromatic carbocycles. The zero-order valence-corrected chi connectivity index (χ0v) is 16.1. The van der Waals surface area contributed by atoms with Crippen LogP contribution in [0, 0.1) is 13.8 Å². The molecule has 3 rings (SSSR count). The molecule has 5 nitrogen and oxygen atoms in total. The first-order valence-electron chi connectivity index (χ1n) is 9.04. The standard InChI is InChI=1S/C22H24N2O3/c1-5-26-20-9-8-19(18-7-6-10-23-21(18)20)24-22(25)16(4)27-17-12-14(2)11-15(3)13-17/h6-13,16H,5H2,1-4H3,(H,24,25). The van der Waals surface area contributed by atoms with Gasteiger partial charge in [0.2, 0.25) is 0 Å². The second-order valence-corrected chi connectivity index (χ2v) is 6.52. The number of fused-ring (bicyclic) bond motifs is 1. The van der Waals surface area contributed by atoms with Crippen LogP contribution in [0.15, 0.2) is 48.7 Å². The fourth-order valence-corrected chi connectivity index (χ4v) is 3.02. The van der Waals surface area contributed by atoms with Crippen molar-refractivity contribution in [1.29, 1.82) is 0 Å². The van der Waals surface area contributed by atoms with Gasteiger partial charge in [-0.3, -0.25) is 9.78 Å². The minimum absolute atomic E-state index is 0.219. The Labute approximate surface area is 159 Å². The maximum atomic E-state index is 12.7. The largest absolute Gasteiger partial charge is 0.492 e. The number of pyridine rings is 1. The maximum absolute atomic E-state index is 12.7. The smallest absolute Gasteiger partial charge is 0.265 e. The summed E-state index contributed by atoms with van der Waals surface area (Å²) >= 11 is 0. The highest BCUT2D eigenvalue weighted by Crippen LogP contribution is 2.30. The fourth-order valence-electron chi connectivity index (χ4n) is 3.02. The summed E-state index contributed by atoms with van der Waals surface area (Å²) in [5.74, 6) is 1.17. The first-order chi connectivity index (χ1) is 13.0. The lowest BCUT2D eigenvalue weighted by Gasteiger charge is -2.17. The van der Waals surface area contributed by atoms with Crippen LogP contribution in [0.1, 0.15) is 25.0 Å². The van der Waals surface area contributed by atoms with E-state index >= 15 is 0 Å². The van der Waals surface area contributed by atoms with E-state index < -0.39 is 6.10 Å². The number of amides is 1. The number of hydrogen-bond donors (Lipinski definition) is 1. The Morgan fingerprint density at radius 3 is 2.59 bits per heavy atom. The second-order valence-electron chi connectivity index (χ2n) is 6.52. The number of benzene rings is 2. The number of rotatable bonds is 6. The summed E-state index contributed by atoms with van der Waals surface area (Å²) in [6.07, 6.45) is 1.08. The number of nitrogens with one attached hydrogen (secondary N) is 1. The molecule has 0 fully saturated rings. The number of ether oxygens (including phenoxy) is 2. The van der Waals surface area contributed by atoms with Crippen molar-refractivity contribution >= 4 is 22.5 Å². The van der Waals surface area contributed by atoms with Gasteiger partial charge in [-0.15, -0.1) is 0 Å². The summed E-state index contributed by atoms with van der Waals surface area (Å²) in [6.45, 7) is 8.23. The molecule has 3 aromatic rings. The Morgan fingerprint density at radius 2 is 1.89 bits per heavy atom. The van der Waals surface area contributed by atoms with Gasteiger partial charge in [-0.1, -0.05) is 6.07 Å². The van der Waals surface area contributed by atoms with Gasteiger partial charge in [0.25, 0.3) is 5.91 Å². The summed E-state index contributed by atoms with van der Waals surface area (Å²) in [5.41, 5.74) is 3.60. The molecule has 0 saturated heterocycles. The third kappa shape index (κ3) is 4.37. The first-order valence-corrected chi connectivity index (χ1v) is 9.04. The molecule has 1 heterocycles. The summed E-state index contributed by atoms with van der Waals surface area (Å²) in [6, 6.07) is 13.3. The Kier molecular flexibility index (Phi) is 5.60. The minimum atomic E-state index is -0.635. The molecule has 0 aliphatic heterocycles. The Bertz CT molecular complexity index is 949. The molecule has 0 spiro atoms. The van der Waals surface area contributed by atoms with Crippen molar-refractivity contribution in [1.82, 2.24) is 4.98 Å². The molecule has 1 aromatic heterocycles. The average molecular weight is 364 g/mol. The highest BCUT2D eigenvalue weighted by atomic mass is 16.5. The molecule has 0 aliphatic carbocycles. The maximum Gasteiger partial charge on any atom is 0.265 e. The van der Waals surface area contributed by atoms with Crippen molar-refractivity contribution in [2.75, 3.05) is 11.9 Å². The molecule has 0 radical (unpaired) electrons. The lowest BCUT2D eigenvalue weighted by molar-refractivity contribution is -0.122. The van der Waals surface area contributed by atoms with Crippen LogP contribution in [0.4, 0.5) is 5.69 Å². The van der Waals surface area contributed by atoms with Crippen LogP contribution >= 0.6 is 0 Å². The van der Waals surface area contributed by atoms with Gasteiger partial charge in [-0.2, -0.15) is 0 Å². The monoisotopic (exact) mass is 364 g/mol. The topological polar surface area (TPSA) is 60.5 Å². The highest BCUT2D eigenvalue weighted by molar-refractivity contribution is 6.04. The quantitative estimate of drug-likeness (QED) is 0.691. The van der Waals surface area contributed by atoms with Crippen molar-refractivity contribution in [3.63, 3.8) is 0 Å². The molecule has 0 aliphatic rings. The van der Waals surface area contributed by atoms with Gasteiger partial charge in [0, 0.05) is 11.6 Å². The Morgan fingerprint density at radius 1 is 1.15 bits per heavy atom. The summed E-state index contributed by atoms with van der Waals surface area (Å²) in [5, 5.41) is 3.77. The predicted octanol–water partition coefficient (Wildman–Crippen LogP) is 4.66. The predicted molar refractivity (Wildman–Crippen MR) is 108 cm³/mol. The van der Waals surface area contributed by atoms with Crippen molar-refractivity contribution in [2.24, 2.45) is 0 Å². The number of aromatic nitrogens is 1. The van der Waals surface area contributed by atoms with Gasteiger partial charge in [0.15, 0.2) is 6.10 Å². The summed E-state index contributed by atoms with van der Waals surface area (Å²) in [4.78, 5) is 17.0. The molecule has 140 valence electrons. The van der Waals surface area contributed by atoms with E-state index in [9.17, 15) is 4.79 Å². The average Bonchev–Trinajstić information content (AvgIpc) is 2.63. The number of nitrogens with zero attached hydrogens (tertiary/aromatic N) is 1. The van der Waals surface area contributed by atoms with E-state index in [0.717, 1.165) is 22.0 Å². The lowest BCUT2D eigenvalue weighted by Crippen LogP contribution is -2.30. The fraction of sp³-hybridized carbons (Fsp3) is 0.273. The number of aryl methyl sites for hydroxylation is 2. The Balaban J connectivity index is 1.80. The number of carbonyl (C=O) groups excluding carboxylic acids is 1. The molecule has 1 unspecified atom stereocenters. The molecule has 1 N–H and O–H groups in total. The number of carbonyl (C=O) groups is 1. The van der Waals surface area contributed by atoms with Crippen molar-refractivity contribution in [3.8, 4) is 11.5 Å². The van der Waals surface area contributed by atoms with Crippen LogP contribution in [0.3, 0.4) is 0 Å². The zero-order valence-electron chi connectivity index (χ0n) is 16.1. The van der Waals surface area contributed by atoms with Crippen LogP contribution in [-0.4, -0.2) is 23.6 Å². The van der Waals surface area contributed by atoms with Crippen molar-refractivity contribution in [3.05, 3.63) is 59.8 Å². The van der Waals surface area contributed by atoms with Crippen LogP contribution in [0.5, 0.6) is 11.5 Å². The number of anilines is 1. The lowest BCUT2D eigenvalue weighted by atomic mass is 10.1. The third-order valence-corrected chi connectivity index (χ3v) is 4.17. The van der Waals surface area contributed by atoms with Crippen LogP contribution in [-0.2, 0) is 4.79 Å². The van der Waals surface area contributed by atoms with E-state index in [1.165, 1.54) is 0 Å². The molecular weight excluding hydrogens is 340 g/mol. The normalized spacial score (nSPS) is 11.9. The van der Waals surface area contributed by atoms with Gasteiger partial charge in [-0.05, 0) is 75.2 Å². The summed E-state index contributed by atoms with van der Waals surface area (Å²) in [7, 11) is 0. The van der Waals surface area contributed by atoms with E-state index in [0.29, 0.717) is 23.8 Å². The molecular formula is C22H24N2O3. The van der Waals surface area contributed by atoms with Crippen LogP contribution in [0.25, 0.3) is 10.9 Å². The van der Waals surface area contributed by atoms with Crippen LogP contribution in [0.2, 0.25) is 0 Å². The third-order valence-electron chi connectivity index (χ3n) is 4.17. The van der Waals surface area contributed by atoms with Gasteiger partial charge in [0.05, 0.1) is 12.3 Å². The molecule has 1 atom stereocenters. The number of hydrogen-bond acceptors (Lipinski definition) is 4. The van der Waals surface area contributed by atoms with E-state index in [1.54, 1.807) is 13.1 Å². The van der Waals surface area contributed by atoms with Gasteiger partial charge >= 0.3 is 0 Å². The Hall–Kier alpha value is -3.08. The molecule has 5 heteroatoms. The first kappa shape index (κ1) is 18.7. The molecule has 0 bridgehead atoms. The van der Waals surface area contributed by atoms with Crippen molar-refractivity contribution in [2.45, 2.75) is 33.8 Å². The molecule has 0 saturated carbocycles. The molecule has 27 heavy (non-hydrogen) atoms. The van der Waals surface area contributed by atoms with E-state index in [2.05, 4.69) is 16.4 Å². The van der Waals surface area contributed by atoms with Crippen molar-refractivity contribution < 1.29 is 14.3 Å². The van der Waals surface area contributed by atoms with Crippen LogP contribution < -0.4 is 14.8 Å². The van der Waals surface area contributed by atoms with E-state index in [-0.39, 0.29) is 5.91 Å². The van der Waals surface area contributed by atoms with Gasteiger partial charge in [0.1, 0.15) is 17.0 Å².